The summed E-state index contributed by atoms with van der Waals surface area (Å²) in [7, 11) is 1.61. The summed E-state index contributed by atoms with van der Waals surface area (Å²) >= 11 is 0. The molecule has 0 atom stereocenters. The molecule has 0 saturated heterocycles. The van der Waals surface area contributed by atoms with E-state index in [0.29, 0.717) is 29.7 Å². The first-order valence-electron chi connectivity index (χ1n) is 7.80. The van der Waals surface area contributed by atoms with Crippen molar-refractivity contribution in [3.63, 3.8) is 0 Å². The quantitative estimate of drug-likeness (QED) is 0.699. The minimum atomic E-state index is -0.681. The Bertz CT molecular complexity index is 908. The Kier molecular flexibility index (Phi) is 5.04. The van der Waals surface area contributed by atoms with E-state index in [1.54, 1.807) is 25.3 Å². The Morgan fingerprint density at radius 3 is 2.84 bits per heavy atom. The smallest absolute Gasteiger partial charge is 0.251 e. The van der Waals surface area contributed by atoms with Gasteiger partial charge in [-0.1, -0.05) is 0 Å². The van der Waals surface area contributed by atoms with Crippen molar-refractivity contribution < 1.29 is 18.3 Å². The van der Waals surface area contributed by atoms with E-state index in [1.165, 1.54) is 23.0 Å². The summed E-state index contributed by atoms with van der Waals surface area (Å²) in [5.74, 6) is -1.53. The van der Waals surface area contributed by atoms with Gasteiger partial charge < -0.3 is 10.1 Å². The van der Waals surface area contributed by atoms with E-state index in [1.807, 2.05) is 0 Å². The molecule has 0 aliphatic carbocycles. The van der Waals surface area contributed by atoms with E-state index in [2.05, 4.69) is 10.3 Å². The number of benzene rings is 2. The number of hydrogen-bond acceptors (Lipinski definition) is 3. The molecule has 3 aromatic rings. The second kappa shape index (κ2) is 7.40. The highest BCUT2D eigenvalue weighted by Gasteiger charge is 2.12. The van der Waals surface area contributed by atoms with Gasteiger partial charge in [0.2, 0.25) is 0 Å². The van der Waals surface area contributed by atoms with Crippen LogP contribution < -0.4 is 5.32 Å². The zero-order valence-corrected chi connectivity index (χ0v) is 13.6. The molecule has 0 aliphatic heterocycles. The molecule has 0 fully saturated rings. The standard InChI is InChI=1S/C18H17F2N3O2/c1-25-8-2-7-21-18(24)12-3-5-17-15(9-12)22-11-23(17)16-6-4-13(19)10-14(16)20/h3-6,9-11H,2,7-8H2,1H3,(H,21,24). The van der Waals surface area contributed by atoms with Crippen molar-refractivity contribution in [1.82, 2.24) is 14.9 Å². The first-order valence-corrected chi connectivity index (χ1v) is 7.80. The summed E-state index contributed by atoms with van der Waals surface area (Å²) in [5, 5.41) is 2.80. The van der Waals surface area contributed by atoms with Crippen molar-refractivity contribution in [2.24, 2.45) is 0 Å². The van der Waals surface area contributed by atoms with Gasteiger partial charge in [-0.2, -0.15) is 0 Å². The van der Waals surface area contributed by atoms with Crippen LogP contribution in [0.15, 0.2) is 42.7 Å². The maximum atomic E-state index is 14.0. The summed E-state index contributed by atoms with van der Waals surface area (Å²) in [6, 6.07) is 8.33. The number of methoxy groups -OCH3 is 1. The zero-order valence-electron chi connectivity index (χ0n) is 13.6. The Morgan fingerprint density at radius 2 is 2.08 bits per heavy atom. The van der Waals surface area contributed by atoms with Gasteiger partial charge >= 0.3 is 0 Å². The van der Waals surface area contributed by atoms with Gasteiger partial charge in [0.05, 0.1) is 16.7 Å². The van der Waals surface area contributed by atoms with Crippen molar-refractivity contribution in [2.75, 3.05) is 20.3 Å². The van der Waals surface area contributed by atoms with Crippen LogP contribution in [0.3, 0.4) is 0 Å². The first-order chi connectivity index (χ1) is 12.1. The van der Waals surface area contributed by atoms with Crippen LogP contribution in [0.25, 0.3) is 16.7 Å². The number of carbonyl (C=O) groups is 1. The fourth-order valence-corrected chi connectivity index (χ4v) is 2.54. The highest BCUT2D eigenvalue weighted by atomic mass is 19.1. The monoisotopic (exact) mass is 345 g/mol. The van der Waals surface area contributed by atoms with Crippen LogP contribution in [0.2, 0.25) is 0 Å². The lowest BCUT2D eigenvalue weighted by molar-refractivity contribution is 0.0948. The Labute approximate surface area is 143 Å². The molecule has 7 heteroatoms. The minimum absolute atomic E-state index is 0.195. The van der Waals surface area contributed by atoms with Crippen LogP contribution in [0, 0.1) is 11.6 Å². The highest BCUT2D eigenvalue weighted by molar-refractivity contribution is 5.97. The molecule has 2 aromatic carbocycles. The molecule has 1 N–H and O–H groups in total. The van der Waals surface area contributed by atoms with Gasteiger partial charge in [-0.05, 0) is 36.8 Å². The Hall–Kier alpha value is -2.80. The summed E-state index contributed by atoms with van der Waals surface area (Å²) < 4.78 is 33.5. The second-order valence-corrected chi connectivity index (χ2v) is 5.52. The summed E-state index contributed by atoms with van der Waals surface area (Å²) in [4.78, 5) is 16.3. The van der Waals surface area contributed by atoms with Gasteiger partial charge in [-0.15, -0.1) is 0 Å². The number of carbonyl (C=O) groups excluding carboxylic acids is 1. The van der Waals surface area contributed by atoms with Gasteiger partial charge in [-0.3, -0.25) is 9.36 Å². The predicted octanol–water partition coefficient (Wildman–Crippen LogP) is 3.07. The van der Waals surface area contributed by atoms with Gasteiger partial charge in [0.1, 0.15) is 18.0 Å². The van der Waals surface area contributed by atoms with E-state index in [0.717, 1.165) is 12.5 Å². The SMILES string of the molecule is COCCCNC(=O)c1ccc2c(c1)ncn2-c1ccc(F)cc1F. The number of aromatic nitrogens is 2. The third-order valence-corrected chi connectivity index (χ3v) is 3.79. The molecule has 1 heterocycles. The molecule has 0 bridgehead atoms. The molecule has 3 rings (SSSR count). The van der Waals surface area contributed by atoms with E-state index in [9.17, 15) is 13.6 Å². The summed E-state index contributed by atoms with van der Waals surface area (Å²) in [5.41, 5.74) is 1.84. The van der Waals surface area contributed by atoms with Gasteiger partial charge in [-0.25, -0.2) is 13.8 Å². The summed E-state index contributed by atoms with van der Waals surface area (Å²) in [6.07, 6.45) is 2.17. The highest BCUT2D eigenvalue weighted by Crippen LogP contribution is 2.22. The van der Waals surface area contributed by atoms with E-state index >= 15 is 0 Å². The third kappa shape index (κ3) is 3.66. The molecule has 5 nitrogen and oxygen atoms in total. The van der Waals surface area contributed by atoms with Crippen molar-refractivity contribution >= 4 is 16.9 Å². The van der Waals surface area contributed by atoms with Crippen LogP contribution >= 0.6 is 0 Å². The number of nitrogens with one attached hydrogen (secondary N) is 1. The Balaban J connectivity index is 1.85. The average molecular weight is 345 g/mol. The van der Waals surface area contributed by atoms with Crippen LogP contribution in [-0.2, 0) is 4.74 Å². The van der Waals surface area contributed by atoms with E-state index in [-0.39, 0.29) is 11.6 Å². The molecule has 130 valence electrons. The number of amides is 1. The van der Waals surface area contributed by atoms with Crippen LogP contribution in [0.5, 0.6) is 0 Å². The molecular weight excluding hydrogens is 328 g/mol. The van der Waals surface area contributed by atoms with Crippen molar-refractivity contribution in [3.05, 3.63) is 59.9 Å². The van der Waals surface area contributed by atoms with E-state index < -0.39 is 11.6 Å². The first kappa shape index (κ1) is 17.0. The number of ether oxygens (including phenoxy) is 1. The van der Waals surface area contributed by atoms with E-state index in [4.69, 9.17) is 4.74 Å². The minimum Gasteiger partial charge on any atom is -0.385 e. The van der Waals surface area contributed by atoms with Gasteiger partial charge in [0, 0.05) is 31.9 Å². The third-order valence-electron chi connectivity index (χ3n) is 3.79. The van der Waals surface area contributed by atoms with Crippen molar-refractivity contribution in [3.8, 4) is 5.69 Å². The molecule has 0 unspecified atom stereocenters. The summed E-state index contributed by atoms with van der Waals surface area (Å²) in [6.45, 7) is 1.09. The zero-order chi connectivity index (χ0) is 17.8. The van der Waals surface area contributed by atoms with Crippen molar-refractivity contribution in [1.29, 1.82) is 0 Å². The normalized spacial score (nSPS) is 11.0. The topological polar surface area (TPSA) is 56.1 Å². The fourth-order valence-electron chi connectivity index (χ4n) is 2.54. The second-order valence-electron chi connectivity index (χ2n) is 5.52. The molecule has 0 saturated carbocycles. The number of halogens is 2. The molecule has 25 heavy (non-hydrogen) atoms. The maximum Gasteiger partial charge on any atom is 0.251 e. The molecule has 0 spiro atoms. The average Bonchev–Trinajstić information content (AvgIpc) is 3.01. The number of fused-ring (bicyclic) bond motifs is 1. The number of rotatable bonds is 6. The molecule has 0 aliphatic rings. The predicted molar refractivity (Wildman–Crippen MR) is 89.8 cm³/mol. The van der Waals surface area contributed by atoms with Gasteiger partial charge in [0.15, 0.2) is 0 Å². The molecule has 1 aromatic heterocycles. The molecular formula is C18H17F2N3O2. The lowest BCUT2D eigenvalue weighted by Gasteiger charge is -2.07. The number of hydrogen-bond donors (Lipinski definition) is 1. The van der Waals surface area contributed by atoms with Crippen molar-refractivity contribution in [2.45, 2.75) is 6.42 Å². The number of imidazole rings is 1. The lowest BCUT2D eigenvalue weighted by atomic mass is 10.2. The maximum absolute atomic E-state index is 14.0. The van der Waals surface area contributed by atoms with Gasteiger partial charge in [0.25, 0.3) is 5.91 Å². The fraction of sp³-hybridized carbons (Fsp3) is 0.222. The lowest BCUT2D eigenvalue weighted by Crippen LogP contribution is -2.25. The largest absolute Gasteiger partial charge is 0.385 e. The molecule has 0 radical (unpaired) electrons. The van der Waals surface area contributed by atoms with Crippen LogP contribution in [0.1, 0.15) is 16.8 Å². The van der Waals surface area contributed by atoms with Crippen LogP contribution in [0.4, 0.5) is 8.78 Å². The Morgan fingerprint density at radius 1 is 1.24 bits per heavy atom. The molecule has 1 amide bonds. The van der Waals surface area contributed by atoms with Crippen LogP contribution in [-0.4, -0.2) is 35.7 Å². The number of nitrogens with zero attached hydrogens (tertiary/aromatic N) is 2.